The first-order valence-corrected chi connectivity index (χ1v) is 3.86. The highest BCUT2D eigenvalue weighted by atomic mass is 15.1. The predicted octanol–water partition coefficient (Wildman–Crippen LogP) is 0.780. The third-order valence-electron chi connectivity index (χ3n) is 1.73. The van der Waals surface area contributed by atoms with Crippen LogP contribution in [-0.2, 0) is 13.1 Å². The highest BCUT2D eigenvalue weighted by molar-refractivity contribution is 4.77. The van der Waals surface area contributed by atoms with E-state index in [0.29, 0.717) is 0 Å². The zero-order valence-electron chi connectivity index (χ0n) is 6.67. The lowest BCUT2D eigenvalue weighted by Crippen LogP contribution is -2.03. The van der Waals surface area contributed by atoms with Gasteiger partial charge in [-0.15, -0.1) is 0 Å². The van der Waals surface area contributed by atoms with Crippen LogP contribution in [0.3, 0.4) is 0 Å². The number of imidazole rings is 2. The van der Waals surface area contributed by atoms with Crippen LogP contribution in [0.5, 0.6) is 0 Å². The lowest BCUT2D eigenvalue weighted by atomic mass is 10.6. The molecule has 0 radical (unpaired) electrons. The molecule has 2 aromatic rings. The number of rotatable bonds is 3. The molecule has 0 bridgehead atoms. The summed E-state index contributed by atoms with van der Waals surface area (Å²) in [6.45, 7) is 1.88. The van der Waals surface area contributed by atoms with Gasteiger partial charge in [0.25, 0.3) is 0 Å². The molecule has 2 heterocycles. The van der Waals surface area contributed by atoms with Crippen LogP contribution < -0.4 is 0 Å². The van der Waals surface area contributed by atoms with Crippen molar-refractivity contribution < 1.29 is 0 Å². The quantitative estimate of drug-likeness (QED) is 0.668. The van der Waals surface area contributed by atoms with E-state index in [4.69, 9.17) is 0 Å². The molecule has 62 valence electrons. The largest absolute Gasteiger partial charge is 0.336 e. The standard InChI is InChI=1S/C8H10N4/c1-3-11(7-9-1)5-6-12-4-2-10-8-12/h1-4,7-8H,5-6H2. The minimum absolute atomic E-state index is 0.941. The summed E-state index contributed by atoms with van der Waals surface area (Å²) in [4.78, 5) is 7.92. The Morgan fingerprint density at radius 2 is 1.33 bits per heavy atom. The van der Waals surface area contributed by atoms with Gasteiger partial charge in [-0.25, -0.2) is 9.97 Å². The van der Waals surface area contributed by atoms with E-state index in [1.807, 2.05) is 34.2 Å². The summed E-state index contributed by atoms with van der Waals surface area (Å²) in [5.41, 5.74) is 0. The van der Waals surface area contributed by atoms with Crippen LogP contribution in [0.4, 0.5) is 0 Å². The van der Waals surface area contributed by atoms with Crippen LogP contribution >= 0.6 is 0 Å². The Morgan fingerprint density at radius 1 is 0.833 bits per heavy atom. The number of hydrogen-bond donors (Lipinski definition) is 0. The predicted molar refractivity (Wildman–Crippen MR) is 44.5 cm³/mol. The average Bonchev–Trinajstić information content (AvgIpc) is 2.74. The first-order chi connectivity index (χ1) is 5.95. The molecule has 0 unspecified atom stereocenters. The second-order valence-electron chi connectivity index (χ2n) is 2.60. The number of aromatic nitrogens is 4. The fourth-order valence-corrected chi connectivity index (χ4v) is 1.07. The monoisotopic (exact) mass is 162 g/mol. The van der Waals surface area contributed by atoms with Crippen LogP contribution in [0.25, 0.3) is 0 Å². The van der Waals surface area contributed by atoms with E-state index in [9.17, 15) is 0 Å². The molecule has 0 aliphatic rings. The van der Waals surface area contributed by atoms with E-state index in [1.54, 1.807) is 12.4 Å². The maximum atomic E-state index is 3.96. The Bertz CT molecular complexity index is 274. The number of nitrogens with zero attached hydrogens (tertiary/aromatic N) is 4. The molecular formula is C8H10N4. The van der Waals surface area contributed by atoms with Gasteiger partial charge in [-0.05, 0) is 0 Å². The fraction of sp³-hybridized carbons (Fsp3) is 0.250. The molecule has 0 aliphatic heterocycles. The lowest BCUT2D eigenvalue weighted by Gasteiger charge is -2.01. The van der Waals surface area contributed by atoms with Crippen molar-refractivity contribution in [3.8, 4) is 0 Å². The first kappa shape index (κ1) is 7.09. The van der Waals surface area contributed by atoms with E-state index in [0.717, 1.165) is 13.1 Å². The smallest absolute Gasteiger partial charge is 0.0946 e. The van der Waals surface area contributed by atoms with Crippen LogP contribution in [0, 0.1) is 0 Å². The van der Waals surface area contributed by atoms with Crippen LogP contribution in [0.2, 0.25) is 0 Å². The van der Waals surface area contributed by atoms with Gasteiger partial charge in [0, 0.05) is 37.9 Å². The Kier molecular flexibility index (Phi) is 1.90. The lowest BCUT2D eigenvalue weighted by molar-refractivity contribution is 0.578. The summed E-state index contributed by atoms with van der Waals surface area (Å²) in [7, 11) is 0. The molecule has 0 aliphatic carbocycles. The van der Waals surface area contributed by atoms with Gasteiger partial charge in [-0.1, -0.05) is 0 Å². The first-order valence-electron chi connectivity index (χ1n) is 3.86. The Labute approximate surface area is 70.5 Å². The second-order valence-corrected chi connectivity index (χ2v) is 2.60. The van der Waals surface area contributed by atoms with E-state index in [-0.39, 0.29) is 0 Å². The van der Waals surface area contributed by atoms with Crippen molar-refractivity contribution in [3.05, 3.63) is 37.4 Å². The maximum Gasteiger partial charge on any atom is 0.0946 e. The molecule has 12 heavy (non-hydrogen) atoms. The molecule has 0 N–H and O–H groups in total. The van der Waals surface area contributed by atoms with E-state index >= 15 is 0 Å². The summed E-state index contributed by atoms with van der Waals surface area (Å²) in [5.74, 6) is 0. The molecule has 4 heteroatoms. The van der Waals surface area contributed by atoms with Gasteiger partial charge < -0.3 is 9.13 Å². The molecule has 0 fully saturated rings. The van der Waals surface area contributed by atoms with Crippen LogP contribution in [0.1, 0.15) is 0 Å². The van der Waals surface area contributed by atoms with Gasteiger partial charge >= 0.3 is 0 Å². The summed E-state index contributed by atoms with van der Waals surface area (Å²) in [5, 5.41) is 0. The van der Waals surface area contributed by atoms with Gasteiger partial charge in [-0.3, -0.25) is 0 Å². The van der Waals surface area contributed by atoms with E-state index in [1.165, 1.54) is 0 Å². The highest BCUT2D eigenvalue weighted by Crippen LogP contribution is 1.90. The molecule has 0 aromatic carbocycles. The zero-order chi connectivity index (χ0) is 8.23. The Balaban J connectivity index is 1.91. The van der Waals surface area contributed by atoms with Crippen molar-refractivity contribution in [1.29, 1.82) is 0 Å². The van der Waals surface area contributed by atoms with Crippen LogP contribution in [-0.4, -0.2) is 19.1 Å². The van der Waals surface area contributed by atoms with E-state index in [2.05, 4.69) is 9.97 Å². The summed E-state index contributed by atoms with van der Waals surface area (Å²) < 4.78 is 4.08. The van der Waals surface area contributed by atoms with Crippen molar-refractivity contribution in [3.63, 3.8) is 0 Å². The number of aryl methyl sites for hydroxylation is 2. The molecule has 4 nitrogen and oxygen atoms in total. The topological polar surface area (TPSA) is 35.6 Å². The van der Waals surface area contributed by atoms with Crippen molar-refractivity contribution in [2.75, 3.05) is 0 Å². The molecule has 2 rings (SSSR count). The van der Waals surface area contributed by atoms with Gasteiger partial charge in [-0.2, -0.15) is 0 Å². The highest BCUT2D eigenvalue weighted by Gasteiger charge is 1.90. The van der Waals surface area contributed by atoms with Crippen molar-refractivity contribution in [1.82, 2.24) is 19.1 Å². The van der Waals surface area contributed by atoms with Gasteiger partial charge in [0.2, 0.25) is 0 Å². The maximum absolute atomic E-state index is 3.96. The molecular weight excluding hydrogens is 152 g/mol. The molecule has 2 aromatic heterocycles. The Hall–Kier alpha value is -1.58. The third kappa shape index (κ3) is 1.53. The Morgan fingerprint density at radius 3 is 1.67 bits per heavy atom. The van der Waals surface area contributed by atoms with Gasteiger partial charge in [0.1, 0.15) is 0 Å². The average molecular weight is 162 g/mol. The van der Waals surface area contributed by atoms with Crippen molar-refractivity contribution in [2.24, 2.45) is 0 Å². The summed E-state index contributed by atoms with van der Waals surface area (Å²) in [6.07, 6.45) is 11.1. The third-order valence-corrected chi connectivity index (χ3v) is 1.73. The molecule has 0 atom stereocenters. The van der Waals surface area contributed by atoms with Gasteiger partial charge in [0.05, 0.1) is 12.7 Å². The summed E-state index contributed by atoms with van der Waals surface area (Å²) >= 11 is 0. The zero-order valence-corrected chi connectivity index (χ0v) is 6.67. The fourth-order valence-electron chi connectivity index (χ4n) is 1.07. The number of hydrogen-bond acceptors (Lipinski definition) is 2. The van der Waals surface area contributed by atoms with Gasteiger partial charge in [0.15, 0.2) is 0 Å². The van der Waals surface area contributed by atoms with Crippen LogP contribution in [0.15, 0.2) is 37.4 Å². The normalized spacial score (nSPS) is 10.3. The molecule has 0 saturated heterocycles. The van der Waals surface area contributed by atoms with Crippen molar-refractivity contribution in [2.45, 2.75) is 13.1 Å². The minimum atomic E-state index is 0.941. The second kappa shape index (κ2) is 3.21. The van der Waals surface area contributed by atoms with E-state index < -0.39 is 0 Å². The summed E-state index contributed by atoms with van der Waals surface area (Å²) in [6, 6.07) is 0. The SMILES string of the molecule is c1cn(CCn2ccnc2)cn1. The molecule has 0 spiro atoms. The van der Waals surface area contributed by atoms with Crippen molar-refractivity contribution >= 4 is 0 Å². The molecule has 0 amide bonds. The minimum Gasteiger partial charge on any atom is -0.336 e. The molecule has 0 saturated carbocycles.